The van der Waals surface area contributed by atoms with Crippen LogP contribution < -0.4 is 14.4 Å². The number of nitrogens with zero attached hydrogens (tertiary/aromatic N) is 1. The van der Waals surface area contributed by atoms with E-state index < -0.39 is 15.9 Å². The van der Waals surface area contributed by atoms with Crippen LogP contribution in [0.15, 0.2) is 48.6 Å². The zero-order valence-corrected chi connectivity index (χ0v) is 27.3. The van der Waals surface area contributed by atoms with Gasteiger partial charge < -0.3 is 14.4 Å². The van der Waals surface area contributed by atoms with E-state index >= 15 is 0 Å². The fourth-order valence-electron chi connectivity index (χ4n) is 8.14. The number of carbonyl (C=O) groups excluding carboxylic acids is 2. The van der Waals surface area contributed by atoms with E-state index in [-0.39, 0.29) is 41.0 Å². The van der Waals surface area contributed by atoms with Crippen LogP contribution in [0.2, 0.25) is 5.02 Å². The van der Waals surface area contributed by atoms with Crippen molar-refractivity contribution in [3.05, 3.63) is 70.3 Å². The van der Waals surface area contributed by atoms with Gasteiger partial charge in [-0.25, -0.2) is 8.93 Å². The van der Waals surface area contributed by atoms with Crippen molar-refractivity contribution in [2.24, 2.45) is 23.7 Å². The second-order valence-electron chi connectivity index (χ2n) is 13.9. The van der Waals surface area contributed by atoms with Crippen LogP contribution in [0, 0.1) is 23.7 Å². The Labute approximate surface area is 270 Å². The highest BCUT2D eigenvalue weighted by Gasteiger charge is 2.45. The maximum atomic E-state index is 13.5. The molecule has 2 saturated carbocycles. The van der Waals surface area contributed by atoms with Crippen LogP contribution in [0.25, 0.3) is 0 Å². The average molecular weight is 654 g/mol. The molecule has 7 rings (SSSR count). The minimum Gasteiger partial charge on any atom is -0.490 e. The van der Waals surface area contributed by atoms with Crippen molar-refractivity contribution in [2.75, 3.05) is 30.3 Å². The van der Waals surface area contributed by atoms with Gasteiger partial charge >= 0.3 is 16.0 Å². The van der Waals surface area contributed by atoms with Crippen LogP contribution in [-0.4, -0.2) is 51.8 Å². The predicted molar refractivity (Wildman–Crippen MR) is 174 cm³/mol. The zero-order chi connectivity index (χ0) is 31.3. The van der Waals surface area contributed by atoms with E-state index in [1.165, 1.54) is 18.1 Å². The number of esters is 1. The number of nitrogens with one attached hydrogen (secondary N) is 1. The van der Waals surface area contributed by atoms with Gasteiger partial charge in [-0.2, -0.15) is 4.21 Å². The molecule has 1 amide bonds. The number of benzene rings is 2. The summed E-state index contributed by atoms with van der Waals surface area (Å²) in [7, 11) is -3.63. The molecule has 2 aliphatic heterocycles. The van der Waals surface area contributed by atoms with Gasteiger partial charge in [-0.3, -0.25) is 9.59 Å². The fourth-order valence-corrected chi connectivity index (χ4v) is 9.81. The van der Waals surface area contributed by atoms with Crippen molar-refractivity contribution < 1.29 is 27.5 Å². The number of rotatable bonds is 2. The van der Waals surface area contributed by atoms with Gasteiger partial charge in [-0.15, -0.1) is 0 Å². The molecule has 2 N–H and O–H groups in total. The first-order valence-corrected chi connectivity index (χ1v) is 18.4. The third-order valence-corrected chi connectivity index (χ3v) is 12.3. The molecule has 0 radical (unpaired) electrons. The van der Waals surface area contributed by atoms with Gasteiger partial charge in [-0.05, 0) is 117 Å². The highest BCUT2D eigenvalue weighted by molar-refractivity contribution is 7.90. The first-order valence-electron chi connectivity index (χ1n) is 16.3. The SMILES string of the molecule is CC(=O)O[C@H]1/C=C/CC(C2CC2)CS(=O)(=[OH+])NC(=O)c2ccc3c(c2)N(CC2CCC21)C[C@@]1(CCCc2cc(Cl)ccc21)CO3. The van der Waals surface area contributed by atoms with Gasteiger partial charge in [0.05, 0.1) is 12.3 Å². The maximum Gasteiger partial charge on any atom is 0.368 e. The van der Waals surface area contributed by atoms with E-state index in [2.05, 4.69) is 21.8 Å². The minimum absolute atomic E-state index is 0.00977. The van der Waals surface area contributed by atoms with Crippen molar-refractivity contribution >= 4 is 39.2 Å². The van der Waals surface area contributed by atoms with Crippen LogP contribution in [0.4, 0.5) is 5.69 Å². The second-order valence-corrected chi connectivity index (χ2v) is 16.1. The quantitative estimate of drug-likeness (QED) is 0.243. The third kappa shape index (κ3) is 6.35. The molecule has 2 bridgehead atoms. The molecule has 2 aromatic rings. The van der Waals surface area contributed by atoms with Crippen molar-refractivity contribution in [1.29, 1.82) is 0 Å². The molecule has 2 heterocycles. The van der Waals surface area contributed by atoms with Crippen LogP contribution >= 0.6 is 11.6 Å². The molecule has 1 spiro atoms. The Morgan fingerprint density at radius 1 is 1.13 bits per heavy atom. The van der Waals surface area contributed by atoms with Crippen LogP contribution in [0.1, 0.15) is 73.4 Å². The molecule has 4 unspecified atom stereocenters. The maximum absolute atomic E-state index is 13.5. The van der Waals surface area contributed by atoms with E-state index in [0.29, 0.717) is 43.3 Å². The molecule has 240 valence electrons. The molecular weight excluding hydrogens is 612 g/mol. The summed E-state index contributed by atoms with van der Waals surface area (Å²) < 4.78 is 39.2. The van der Waals surface area contributed by atoms with Gasteiger partial charge in [-0.1, -0.05) is 23.7 Å². The number of carbonyl (C=O) groups is 2. The highest BCUT2D eigenvalue weighted by Crippen LogP contribution is 2.47. The first kappa shape index (κ1) is 30.6. The number of fused-ring (bicyclic) bond motifs is 4. The Bertz CT molecular complexity index is 1640. The first-order chi connectivity index (χ1) is 21.6. The van der Waals surface area contributed by atoms with Crippen LogP contribution in [-0.2, 0) is 31.4 Å². The molecule has 2 fully saturated rings. The summed E-state index contributed by atoms with van der Waals surface area (Å²) in [6.45, 7) is 3.36. The number of aryl methyl sites for hydroxylation is 1. The Morgan fingerprint density at radius 2 is 1.96 bits per heavy atom. The Kier molecular flexibility index (Phi) is 8.13. The van der Waals surface area contributed by atoms with Crippen LogP contribution in [0.5, 0.6) is 5.75 Å². The predicted octanol–water partition coefficient (Wildman–Crippen LogP) is 5.97. The smallest absolute Gasteiger partial charge is 0.368 e. The Balaban J connectivity index is 1.29. The molecule has 0 saturated heterocycles. The summed E-state index contributed by atoms with van der Waals surface area (Å²) in [5.74, 6) is 0.564. The molecular formula is C35H42ClN2O6S+. The topological polar surface area (TPSA) is 106 Å². The number of hydrogen-bond acceptors (Lipinski definition) is 6. The van der Waals surface area contributed by atoms with Gasteiger partial charge in [0.2, 0.25) is 0 Å². The van der Waals surface area contributed by atoms with Gasteiger partial charge in [0.1, 0.15) is 17.6 Å². The van der Waals surface area contributed by atoms with Crippen molar-refractivity contribution in [1.82, 2.24) is 4.72 Å². The van der Waals surface area contributed by atoms with Crippen molar-refractivity contribution in [3.63, 3.8) is 0 Å². The molecule has 5 aliphatic rings. The van der Waals surface area contributed by atoms with E-state index in [9.17, 15) is 18.0 Å². The molecule has 0 aromatic heterocycles. The summed E-state index contributed by atoms with van der Waals surface area (Å²) in [5.41, 5.74) is 3.37. The number of halogens is 1. The molecule has 6 atom stereocenters. The van der Waals surface area contributed by atoms with Gasteiger partial charge in [0.15, 0.2) is 0 Å². The van der Waals surface area contributed by atoms with E-state index in [1.54, 1.807) is 6.07 Å². The summed E-state index contributed by atoms with van der Waals surface area (Å²) in [4.78, 5) is 28.0. The summed E-state index contributed by atoms with van der Waals surface area (Å²) in [6, 6.07) is 11.5. The van der Waals surface area contributed by atoms with Crippen molar-refractivity contribution in [3.8, 4) is 5.75 Å². The summed E-state index contributed by atoms with van der Waals surface area (Å²) in [5, 5.41) is 0.732. The molecule has 8 nitrogen and oxygen atoms in total. The number of anilines is 1. The van der Waals surface area contributed by atoms with Gasteiger partial charge in [0, 0.05) is 41.9 Å². The van der Waals surface area contributed by atoms with Crippen molar-refractivity contribution in [2.45, 2.75) is 69.8 Å². The highest BCUT2D eigenvalue weighted by atomic mass is 35.5. The zero-order valence-electron chi connectivity index (χ0n) is 25.7. The molecule has 10 heteroatoms. The largest absolute Gasteiger partial charge is 0.490 e. The lowest BCUT2D eigenvalue weighted by Crippen LogP contribution is -2.49. The number of amides is 1. The molecule has 3 aliphatic carbocycles. The lowest BCUT2D eigenvalue weighted by molar-refractivity contribution is -0.149. The molecule has 2 aromatic carbocycles. The number of hydrogen-bond donors (Lipinski definition) is 1. The Hall–Kier alpha value is -3.04. The second kappa shape index (κ2) is 12.0. The number of ether oxygens (including phenoxy) is 2. The normalized spacial score (nSPS) is 33.8. The minimum atomic E-state index is -3.63. The average Bonchev–Trinajstić information content (AvgIpc) is 3.82. The summed E-state index contributed by atoms with van der Waals surface area (Å²) in [6.07, 6.45) is 11.2. The van der Waals surface area contributed by atoms with E-state index in [4.69, 9.17) is 21.1 Å². The molecule has 45 heavy (non-hydrogen) atoms. The fraction of sp³-hybridized carbons (Fsp3) is 0.543. The van der Waals surface area contributed by atoms with Crippen LogP contribution in [0.3, 0.4) is 0 Å². The third-order valence-electron chi connectivity index (χ3n) is 10.7. The van der Waals surface area contributed by atoms with Gasteiger partial charge in [0.25, 0.3) is 5.91 Å². The van der Waals surface area contributed by atoms with E-state index in [0.717, 1.165) is 55.7 Å². The lowest BCUT2D eigenvalue weighted by Gasteiger charge is -2.46. The lowest BCUT2D eigenvalue weighted by atomic mass is 9.68. The Morgan fingerprint density at radius 3 is 2.71 bits per heavy atom. The van der Waals surface area contributed by atoms with E-state index in [1.807, 2.05) is 30.4 Å². The summed E-state index contributed by atoms with van der Waals surface area (Å²) >= 11 is 6.42. The monoisotopic (exact) mass is 653 g/mol. The number of allylic oxidation sites excluding steroid dienone is 1. The standard InChI is InChI=1S/C35H41ClN2O6S/c1-22(39)44-32-6-2-4-27(23-7-8-23)19-45(41,42)37-34(40)25-10-14-33-31(17-25)38(18-26-9-12-29(26)32)20-35(21-43-33)15-3-5-24-16-28(36)11-13-30(24)35/h2,6,10-11,13-14,16-17,23,26-27,29,32H,3-5,7-9,12,15,18-21H2,1H3,(H,37,40,41,42)/p+1/b6-2+/t26?,27?,29?,32-,35-/m0/s1.